The van der Waals surface area contributed by atoms with Crippen LogP contribution in [0.4, 0.5) is 14.5 Å². The van der Waals surface area contributed by atoms with E-state index >= 15 is 0 Å². The summed E-state index contributed by atoms with van der Waals surface area (Å²) in [6, 6.07) is 8.31. The molecule has 0 radical (unpaired) electrons. The van der Waals surface area contributed by atoms with Crippen molar-refractivity contribution in [2.24, 2.45) is 0 Å². The van der Waals surface area contributed by atoms with Gasteiger partial charge >= 0.3 is 12.6 Å². The maximum Gasteiger partial charge on any atom is 0.387 e. The van der Waals surface area contributed by atoms with E-state index in [1.165, 1.54) is 36.4 Å². The van der Waals surface area contributed by atoms with Crippen molar-refractivity contribution in [1.82, 2.24) is 0 Å². The normalized spacial score (nSPS) is 10.5. The van der Waals surface area contributed by atoms with Gasteiger partial charge in [0.05, 0.1) is 26.3 Å². The summed E-state index contributed by atoms with van der Waals surface area (Å²) in [5.74, 6) is -1.98. The van der Waals surface area contributed by atoms with Crippen LogP contribution in [0.3, 0.4) is 0 Å². The molecule has 0 aliphatic rings. The van der Waals surface area contributed by atoms with E-state index in [2.05, 4.69) is 10.1 Å². The Balaban J connectivity index is 2.02. The molecule has 0 aromatic heterocycles. The summed E-state index contributed by atoms with van der Waals surface area (Å²) in [6.07, 6.45) is 0. The van der Waals surface area contributed by atoms with Crippen LogP contribution < -0.4 is 10.1 Å². The Hall–Kier alpha value is -2.09. The molecule has 0 saturated heterocycles. The van der Waals surface area contributed by atoms with Gasteiger partial charge in [0, 0.05) is 0 Å². The molecule has 10 heteroatoms. The number of carbonyl (C=O) groups is 2. The Bertz CT molecular complexity index is 833. The highest BCUT2D eigenvalue weighted by Crippen LogP contribution is 2.32. The SMILES string of the molecule is O=C(COC(=O)c1c(Cl)ccc(Cl)c1Cl)Nc1ccccc1OC(F)F. The van der Waals surface area contributed by atoms with Crippen molar-refractivity contribution in [3.63, 3.8) is 0 Å². The van der Waals surface area contributed by atoms with E-state index in [0.717, 1.165) is 0 Å². The fraction of sp³-hybridized carbons (Fsp3) is 0.125. The van der Waals surface area contributed by atoms with Crippen LogP contribution in [-0.4, -0.2) is 25.1 Å². The molecule has 2 aromatic rings. The van der Waals surface area contributed by atoms with E-state index < -0.39 is 25.1 Å². The van der Waals surface area contributed by atoms with Crippen molar-refractivity contribution in [3.8, 4) is 5.75 Å². The molecule has 1 amide bonds. The van der Waals surface area contributed by atoms with Gasteiger partial charge in [-0.3, -0.25) is 4.79 Å². The van der Waals surface area contributed by atoms with Crippen LogP contribution in [0.15, 0.2) is 36.4 Å². The number of hydrogen-bond donors (Lipinski definition) is 1. The first-order chi connectivity index (χ1) is 12.3. The number of para-hydroxylation sites is 2. The second kappa shape index (κ2) is 9.02. The first-order valence-electron chi connectivity index (χ1n) is 6.94. The van der Waals surface area contributed by atoms with E-state index in [-0.39, 0.29) is 32.1 Å². The third kappa shape index (κ3) is 5.20. The Morgan fingerprint density at radius 1 is 1.04 bits per heavy atom. The third-order valence-corrected chi connectivity index (χ3v) is 4.08. The molecule has 138 valence electrons. The number of carbonyl (C=O) groups excluding carboxylic acids is 2. The lowest BCUT2D eigenvalue weighted by Gasteiger charge is -2.12. The predicted molar refractivity (Wildman–Crippen MR) is 93.5 cm³/mol. The molecule has 0 unspecified atom stereocenters. The van der Waals surface area contributed by atoms with Crippen LogP contribution in [0.5, 0.6) is 5.75 Å². The standard InChI is InChI=1S/C16H10Cl3F2NO4/c17-8-5-6-9(18)14(19)13(8)15(24)25-7-12(23)22-10-3-1-2-4-11(10)26-16(20)21/h1-6,16H,7H2,(H,22,23). The topological polar surface area (TPSA) is 64.6 Å². The number of amides is 1. The number of anilines is 1. The van der Waals surface area contributed by atoms with Gasteiger partial charge in [0.2, 0.25) is 0 Å². The molecule has 2 rings (SSSR count). The smallest absolute Gasteiger partial charge is 0.387 e. The van der Waals surface area contributed by atoms with Gasteiger partial charge in [-0.2, -0.15) is 8.78 Å². The lowest BCUT2D eigenvalue weighted by Crippen LogP contribution is -2.21. The summed E-state index contributed by atoms with van der Waals surface area (Å²) < 4.78 is 33.8. The Morgan fingerprint density at radius 3 is 2.38 bits per heavy atom. The molecule has 0 atom stereocenters. The lowest BCUT2D eigenvalue weighted by atomic mass is 10.2. The number of alkyl halides is 2. The molecule has 2 aromatic carbocycles. The van der Waals surface area contributed by atoms with Crippen LogP contribution in [0.25, 0.3) is 0 Å². The van der Waals surface area contributed by atoms with Crippen molar-refractivity contribution in [2.75, 3.05) is 11.9 Å². The highest BCUT2D eigenvalue weighted by molar-refractivity contribution is 6.46. The molecule has 26 heavy (non-hydrogen) atoms. The van der Waals surface area contributed by atoms with Gasteiger partial charge in [-0.25, -0.2) is 4.79 Å². The van der Waals surface area contributed by atoms with Crippen molar-refractivity contribution < 1.29 is 27.8 Å². The van der Waals surface area contributed by atoms with Crippen LogP contribution in [-0.2, 0) is 9.53 Å². The summed E-state index contributed by atoms with van der Waals surface area (Å²) in [4.78, 5) is 24.0. The van der Waals surface area contributed by atoms with Gasteiger partial charge in [0.25, 0.3) is 5.91 Å². The number of benzene rings is 2. The van der Waals surface area contributed by atoms with E-state index in [9.17, 15) is 18.4 Å². The molecule has 1 N–H and O–H groups in total. The van der Waals surface area contributed by atoms with Gasteiger partial charge in [0.1, 0.15) is 5.75 Å². The first-order valence-corrected chi connectivity index (χ1v) is 8.07. The fourth-order valence-electron chi connectivity index (χ4n) is 1.87. The predicted octanol–water partition coefficient (Wildman–Crippen LogP) is 5.04. The highest BCUT2D eigenvalue weighted by atomic mass is 35.5. The largest absolute Gasteiger partial charge is 0.452 e. The van der Waals surface area contributed by atoms with Gasteiger partial charge in [-0.15, -0.1) is 0 Å². The molecule has 0 aliphatic heterocycles. The Labute approximate surface area is 161 Å². The van der Waals surface area contributed by atoms with E-state index in [0.29, 0.717) is 0 Å². The molecular formula is C16H10Cl3F2NO4. The monoisotopic (exact) mass is 423 g/mol. The van der Waals surface area contributed by atoms with Crippen molar-refractivity contribution >= 4 is 52.4 Å². The van der Waals surface area contributed by atoms with Crippen molar-refractivity contribution in [2.45, 2.75) is 6.61 Å². The quantitative estimate of drug-likeness (QED) is 0.521. The van der Waals surface area contributed by atoms with Crippen LogP contribution in [0, 0.1) is 0 Å². The number of rotatable bonds is 6. The van der Waals surface area contributed by atoms with Gasteiger partial charge < -0.3 is 14.8 Å². The average molecular weight is 425 g/mol. The van der Waals surface area contributed by atoms with Crippen LogP contribution >= 0.6 is 34.8 Å². The molecule has 0 bridgehead atoms. The number of halogens is 5. The fourth-order valence-corrected chi connectivity index (χ4v) is 2.55. The van der Waals surface area contributed by atoms with Crippen molar-refractivity contribution in [3.05, 3.63) is 57.0 Å². The Morgan fingerprint density at radius 2 is 1.69 bits per heavy atom. The highest BCUT2D eigenvalue weighted by Gasteiger charge is 2.20. The van der Waals surface area contributed by atoms with E-state index in [1.54, 1.807) is 0 Å². The molecule has 0 fully saturated rings. The number of esters is 1. The minimum absolute atomic E-state index is 0.000451. The van der Waals surface area contributed by atoms with E-state index in [1.807, 2.05) is 0 Å². The zero-order valence-electron chi connectivity index (χ0n) is 12.8. The molecule has 0 aliphatic carbocycles. The molecule has 0 spiro atoms. The third-order valence-electron chi connectivity index (χ3n) is 2.96. The second-order valence-corrected chi connectivity index (χ2v) is 5.91. The maximum absolute atomic E-state index is 12.3. The van der Waals surface area contributed by atoms with Crippen molar-refractivity contribution in [1.29, 1.82) is 0 Å². The minimum atomic E-state index is -3.06. The minimum Gasteiger partial charge on any atom is -0.452 e. The van der Waals surface area contributed by atoms with Gasteiger partial charge in [-0.1, -0.05) is 46.9 Å². The van der Waals surface area contributed by atoms with Crippen LogP contribution in [0.2, 0.25) is 15.1 Å². The number of hydrogen-bond acceptors (Lipinski definition) is 4. The summed E-state index contributed by atoms with van der Waals surface area (Å²) in [6.45, 7) is -3.76. The molecular weight excluding hydrogens is 415 g/mol. The van der Waals surface area contributed by atoms with Crippen LogP contribution in [0.1, 0.15) is 10.4 Å². The summed E-state index contributed by atoms with van der Waals surface area (Å²) in [5.41, 5.74) is -0.192. The molecule has 5 nitrogen and oxygen atoms in total. The zero-order valence-corrected chi connectivity index (χ0v) is 15.0. The Kier molecular flexibility index (Phi) is 7.02. The summed E-state index contributed by atoms with van der Waals surface area (Å²) >= 11 is 17.6. The van der Waals surface area contributed by atoms with E-state index in [4.69, 9.17) is 39.5 Å². The van der Waals surface area contributed by atoms with Gasteiger partial charge in [-0.05, 0) is 24.3 Å². The number of nitrogens with one attached hydrogen (secondary N) is 1. The summed E-state index contributed by atoms with van der Waals surface area (Å²) in [5, 5.41) is 2.27. The number of ether oxygens (including phenoxy) is 2. The average Bonchev–Trinajstić information content (AvgIpc) is 2.58. The van der Waals surface area contributed by atoms with Gasteiger partial charge in [0.15, 0.2) is 6.61 Å². The molecule has 0 saturated carbocycles. The zero-order chi connectivity index (χ0) is 19.3. The second-order valence-electron chi connectivity index (χ2n) is 4.72. The summed E-state index contributed by atoms with van der Waals surface area (Å²) in [7, 11) is 0. The molecule has 0 heterocycles. The first kappa shape index (κ1) is 20.2. The lowest BCUT2D eigenvalue weighted by molar-refractivity contribution is -0.119. The maximum atomic E-state index is 12.3.